The Morgan fingerprint density at radius 2 is 1.62 bits per heavy atom. The Balaban J connectivity index is 2.15. The van der Waals surface area contributed by atoms with Gasteiger partial charge in [0.15, 0.2) is 22.5 Å². The first-order valence-electron chi connectivity index (χ1n) is 8.63. The second-order valence-electron chi connectivity index (χ2n) is 5.76. The summed E-state index contributed by atoms with van der Waals surface area (Å²) >= 11 is 1.25. The van der Waals surface area contributed by atoms with Gasteiger partial charge in [0.05, 0.1) is 34.2 Å². The molecule has 0 bridgehead atoms. The molecule has 3 rings (SSSR count). The Morgan fingerprint density at radius 3 is 2.17 bits per heavy atom. The SMILES string of the molecule is COC(=O)CSc1nnc(-c2cc(OC)c(OC)c(OC)c2)n1-c1ccccc1. The van der Waals surface area contributed by atoms with E-state index in [4.69, 9.17) is 18.9 Å². The van der Waals surface area contributed by atoms with Gasteiger partial charge in [-0.3, -0.25) is 9.36 Å². The monoisotopic (exact) mass is 415 g/mol. The number of methoxy groups -OCH3 is 4. The van der Waals surface area contributed by atoms with Crippen LogP contribution in [0.15, 0.2) is 47.6 Å². The Labute approximate surface area is 172 Å². The summed E-state index contributed by atoms with van der Waals surface area (Å²) in [6.07, 6.45) is 0. The number of carbonyl (C=O) groups excluding carboxylic acids is 1. The Kier molecular flexibility index (Phi) is 6.61. The summed E-state index contributed by atoms with van der Waals surface area (Å²) in [7, 11) is 6.02. The van der Waals surface area contributed by atoms with Gasteiger partial charge in [0.1, 0.15) is 0 Å². The van der Waals surface area contributed by atoms with Gasteiger partial charge in [-0.1, -0.05) is 30.0 Å². The topological polar surface area (TPSA) is 84.7 Å². The standard InChI is InChI=1S/C20H21N3O5S/c1-25-15-10-13(11-16(26-2)18(15)28-4)19-21-22-20(29-12-17(24)27-3)23(19)14-8-6-5-7-9-14/h5-11H,12H2,1-4H3. The molecule has 0 aliphatic heterocycles. The molecule has 0 amide bonds. The molecule has 29 heavy (non-hydrogen) atoms. The molecule has 152 valence electrons. The first-order valence-corrected chi connectivity index (χ1v) is 9.62. The van der Waals surface area contributed by atoms with Gasteiger partial charge in [-0.05, 0) is 24.3 Å². The average molecular weight is 415 g/mol. The molecule has 1 heterocycles. The molecule has 0 atom stereocenters. The van der Waals surface area contributed by atoms with Crippen molar-refractivity contribution >= 4 is 17.7 Å². The maximum absolute atomic E-state index is 11.6. The fraction of sp³-hybridized carbons (Fsp3) is 0.250. The van der Waals surface area contributed by atoms with Gasteiger partial charge in [-0.15, -0.1) is 10.2 Å². The molecule has 0 aliphatic carbocycles. The second-order valence-corrected chi connectivity index (χ2v) is 6.70. The van der Waals surface area contributed by atoms with E-state index < -0.39 is 0 Å². The average Bonchev–Trinajstić information content (AvgIpc) is 3.20. The summed E-state index contributed by atoms with van der Waals surface area (Å²) in [4.78, 5) is 11.6. The number of thioether (sulfide) groups is 1. The van der Waals surface area contributed by atoms with Gasteiger partial charge >= 0.3 is 5.97 Å². The summed E-state index contributed by atoms with van der Waals surface area (Å²) in [5, 5.41) is 9.21. The minimum Gasteiger partial charge on any atom is -0.493 e. The summed E-state index contributed by atoms with van der Waals surface area (Å²) in [6.45, 7) is 0. The van der Waals surface area contributed by atoms with Crippen molar-refractivity contribution in [3.8, 4) is 34.3 Å². The zero-order valence-corrected chi connectivity index (χ0v) is 17.4. The fourth-order valence-corrected chi connectivity index (χ4v) is 3.54. The molecule has 2 aromatic carbocycles. The van der Waals surface area contributed by atoms with E-state index in [0.717, 1.165) is 11.3 Å². The molecule has 0 saturated carbocycles. The maximum Gasteiger partial charge on any atom is 0.316 e. The van der Waals surface area contributed by atoms with E-state index >= 15 is 0 Å². The van der Waals surface area contributed by atoms with E-state index in [2.05, 4.69) is 10.2 Å². The highest BCUT2D eigenvalue weighted by Gasteiger charge is 2.21. The van der Waals surface area contributed by atoms with Gasteiger partial charge in [0.2, 0.25) is 5.75 Å². The maximum atomic E-state index is 11.6. The molecule has 1 aromatic heterocycles. The molecule has 0 N–H and O–H groups in total. The molecule has 0 fully saturated rings. The van der Waals surface area contributed by atoms with Crippen LogP contribution in [0.2, 0.25) is 0 Å². The van der Waals surface area contributed by atoms with Gasteiger partial charge < -0.3 is 18.9 Å². The van der Waals surface area contributed by atoms with Gasteiger partial charge in [0.25, 0.3) is 0 Å². The summed E-state index contributed by atoms with van der Waals surface area (Å²) in [6, 6.07) is 13.2. The lowest BCUT2D eigenvalue weighted by Gasteiger charge is -2.15. The Hall–Kier alpha value is -3.20. The van der Waals surface area contributed by atoms with Crippen molar-refractivity contribution in [1.82, 2.24) is 14.8 Å². The number of esters is 1. The van der Waals surface area contributed by atoms with Gasteiger partial charge in [0, 0.05) is 11.3 Å². The van der Waals surface area contributed by atoms with Crippen LogP contribution in [-0.4, -0.2) is 54.9 Å². The number of aromatic nitrogens is 3. The molecule has 3 aromatic rings. The second kappa shape index (κ2) is 9.33. The molecular weight excluding hydrogens is 394 g/mol. The van der Waals surface area contributed by atoms with Gasteiger partial charge in [-0.2, -0.15) is 0 Å². The summed E-state index contributed by atoms with van der Waals surface area (Å²) in [5.74, 6) is 1.86. The Morgan fingerprint density at radius 1 is 0.966 bits per heavy atom. The number of hydrogen-bond acceptors (Lipinski definition) is 8. The number of nitrogens with zero attached hydrogens (tertiary/aromatic N) is 3. The van der Waals surface area contributed by atoms with Crippen LogP contribution >= 0.6 is 11.8 Å². The van der Waals surface area contributed by atoms with Crippen molar-refractivity contribution < 1.29 is 23.7 Å². The van der Waals surface area contributed by atoms with Crippen molar-refractivity contribution in [3.63, 3.8) is 0 Å². The third-order valence-electron chi connectivity index (χ3n) is 4.12. The van der Waals surface area contributed by atoms with Crippen LogP contribution in [0.1, 0.15) is 0 Å². The fourth-order valence-electron chi connectivity index (χ4n) is 2.75. The third-order valence-corrected chi connectivity index (χ3v) is 5.02. The van der Waals surface area contributed by atoms with E-state index in [0.29, 0.717) is 28.2 Å². The highest BCUT2D eigenvalue weighted by Crippen LogP contribution is 2.41. The predicted molar refractivity (Wildman–Crippen MR) is 109 cm³/mol. The first-order chi connectivity index (χ1) is 14.1. The number of ether oxygens (including phenoxy) is 4. The lowest BCUT2D eigenvalue weighted by atomic mass is 10.1. The smallest absolute Gasteiger partial charge is 0.316 e. The van der Waals surface area contributed by atoms with E-state index in [9.17, 15) is 4.79 Å². The highest BCUT2D eigenvalue weighted by molar-refractivity contribution is 7.99. The molecule has 0 aliphatic rings. The zero-order chi connectivity index (χ0) is 20.8. The van der Waals surface area contributed by atoms with Crippen LogP contribution in [0.4, 0.5) is 0 Å². The number of hydrogen-bond donors (Lipinski definition) is 0. The molecule has 0 radical (unpaired) electrons. The summed E-state index contributed by atoms with van der Waals surface area (Å²) in [5.41, 5.74) is 1.58. The molecule has 9 heteroatoms. The zero-order valence-electron chi connectivity index (χ0n) is 16.5. The van der Waals surface area contributed by atoms with Crippen LogP contribution in [-0.2, 0) is 9.53 Å². The van der Waals surface area contributed by atoms with Crippen LogP contribution in [0.5, 0.6) is 17.2 Å². The van der Waals surface area contributed by atoms with E-state index in [-0.39, 0.29) is 11.7 Å². The number of benzene rings is 2. The van der Waals surface area contributed by atoms with E-state index in [1.807, 2.05) is 34.9 Å². The van der Waals surface area contributed by atoms with Crippen LogP contribution in [0.3, 0.4) is 0 Å². The highest BCUT2D eigenvalue weighted by atomic mass is 32.2. The molecular formula is C20H21N3O5S. The van der Waals surface area contributed by atoms with E-state index in [1.54, 1.807) is 33.5 Å². The van der Waals surface area contributed by atoms with Crippen molar-refractivity contribution in [2.45, 2.75) is 5.16 Å². The minimum absolute atomic E-state index is 0.122. The predicted octanol–water partition coefficient (Wildman–Crippen LogP) is 3.23. The lowest BCUT2D eigenvalue weighted by molar-refractivity contribution is -0.137. The van der Waals surface area contributed by atoms with Crippen LogP contribution in [0, 0.1) is 0 Å². The summed E-state index contributed by atoms with van der Waals surface area (Å²) < 4.78 is 22.9. The van der Waals surface area contributed by atoms with Crippen LogP contribution < -0.4 is 14.2 Å². The van der Waals surface area contributed by atoms with Crippen LogP contribution in [0.25, 0.3) is 17.1 Å². The normalized spacial score (nSPS) is 10.5. The Bertz CT molecular complexity index is 966. The lowest BCUT2D eigenvalue weighted by Crippen LogP contribution is -2.05. The minimum atomic E-state index is -0.341. The largest absolute Gasteiger partial charge is 0.493 e. The van der Waals surface area contributed by atoms with Crippen molar-refractivity contribution in [2.75, 3.05) is 34.2 Å². The third kappa shape index (κ3) is 4.29. The quantitative estimate of drug-likeness (QED) is 0.410. The van der Waals surface area contributed by atoms with Crippen molar-refractivity contribution in [3.05, 3.63) is 42.5 Å². The van der Waals surface area contributed by atoms with Gasteiger partial charge in [-0.25, -0.2) is 0 Å². The van der Waals surface area contributed by atoms with Crippen molar-refractivity contribution in [1.29, 1.82) is 0 Å². The van der Waals surface area contributed by atoms with Crippen molar-refractivity contribution in [2.24, 2.45) is 0 Å². The first kappa shape index (κ1) is 20.5. The molecule has 0 spiro atoms. The molecule has 8 nitrogen and oxygen atoms in total. The molecule has 0 unspecified atom stereocenters. The molecule has 0 saturated heterocycles. The number of carbonyl (C=O) groups is 1. The number of para-hydroxylation sites is 1. The van der Waals surface area contributed by atoms with E-state index in [1.165, 1.54) is 18.9 Å². The number of rotatable bonds is 8.